The Morgan fingerprint density at radius 3 is 2.52 bits per heavy atom. The summed E-state index contributed by atoms with van der Waals surface area (Å²) in [6, 6.07) is 14.2. The summed E-state index contributed by atoms with van der Waals surface area (Å²) < 4.78 is 10.3. The van der Waals surface area contributed by atoms with Gasteiger partial charge in [0.25, 0.3) is 5.56 Å². The molecule has 0 radical (unpaired) electrons. The smallest absolute Gasteiger partial charge is 0.343 e. The molecule has 0 spiro atoms. The van der Waals surface area contributed by atoms with Crippen LogP contribution in [0.4, 0.5) is 0 Å². The lowest BCUT2D eigenvalue weighted by atomic mass is 10.0. The largest absolute Gasteiger partial charge is 0.465 e. The number of aryl methyl sites for hydroxylation is 2. The van der Waals surface area contributed by atoms with Crippen molar-refractivity contribution in [3.05, 3.63) is 90.8 Å². The minimum Gasteiger partial charge on any atom is -0.465 e. The van der Waals surface area contributed by atoms with E-state index in [4.69, 9.17) is 16.0 Å². The van der Waals surface area contributed by atoms with E-state index in [1.807, 2.05) is 30.3 Å². The van der Waals surface area contributed by atoms with E-state index < -0.39 is 11.5 Å². The molecule has 1 N–H and O–H groups in total. The molecule has 0 fully saturated rings. The average Bonchev–Trinajstić information content (AvgIpc) is 2.72. The van der Waals surface area contributed by atoms with Gasteiger partial charge in [-0.05, 0) is 54.3 Å². The summed E-state index contributed by atoms with van der Waals surface area (Å²) in [7, 11) is 1.17. The quantitative estimate of drug-likeness (QED) is 0.408. The summed E-state index contributed by atoms with van der Waals surface area (Å²) in [5.41, 5.74) is 1.19. The van der Waals surface area contributed by atoms with Crippen molar-refractivity contribution in [1.29, 1.82) is 0 Å². The highest BCUT2D eigenvalue weighted by molar-refractivity contribution is 6.30. The third-order valence-corrected chi connectivity index (χ3v) is 4.98. The lowest BCUT2D eigenvalue weighted by Crippen LogP contribution is -2.20. The summed E-state index contributed by atoms with van der Waals surface area (Å²) in [6.45, 7) is 0. The van der Waals surface area contributed by atoms with Crippen molar-refractivity contribution < 1.29 is 13.9 Å². The van der Waals surface area contributed by atoms with E-state index in [1.54, 1.807) is 12.1 Å². The summed E-state index contributed by atoms with van der Waals surface area (Å²) >= 11 is 6.03. The van der Waals surface area contributed by atoms with Gasteiger partial charge in [-0.1, -0.05) is 29.8 Å². The van der Waals surface area contributed by atoms with Crippen molar-refractivity contribution in [1.82, 2.24) is 4.98 Å². The fourth-order valence-electron chi connectivity index (χ4n) is 3.26. The zero-order chi connectivity index (χ0) is 20.5. The van der Waals surface area contributed by atoms with Crippen LogP contribution in [0.1, 0.15) is 21.5 Å². The van der Waals surface area contributed by atoms with Gasteiger partial charge >= 0.3 is 5.97 Å². The molecule has 29 heavy (non-hydrogen) atoms. The summed E-state index contributed by atoms with van der Waals surface area (Å²) in [4.78, 5) is 39.2. The van der Waals surface area contributed by atoms with Gasteiger partial charge < -0.3 is 9.15 Å². The Bertz CT molecular complexity index is 1370. The predicted octanol–water partition coefficient (Wildman–Crippen LogP) is 3.86. The van der Waals surface area contributed by atoms with Crippen molar-refractivity contribution >= 4 is 39.6 Å². The van der Waals surface area contributed by atoms with Crippen molar-refractivity contribution in [2.24, 2.45) is 0 Å². The van der Waals surface area contributed by atoms with Crippen LogP contribution in [0.3, 0.4) is 0 Å². The Balaban J connectivity index is 1.77. The second-order valence-electron chi connectivity index (χ2n) is 6.64. The van der Waals surface area contributed by atoms with E-state index in [1.165, 1.54) is 13.2 Å². The number of H-pyrrole nitrogens is 1. The topological polar surface area (TPSA) is 89.4 Å². The highest BCUT2D eigenvalue weighted by Gasteiger charge is 2.16. The van der Waals surface area contributed by atoms with Crippen LogP contribution in [0, 0.1) is 0 Å². The number of esters is 1. The van der Waals surface area contributed by atoms with Crippen LogP contribution in [0.5, 0.6) is 0 Å². The van der Waals surface area contributed by atoms with Crippen LogP contribution in [-0.2, 0) is 17.6 Å². The highest BCUT2D eigenvalue weighted by atomic mass is 35.5. The maximum atomic E-state index is 13.0. The maximum absolute atomic E-state index is 13.0. The minimum absolute atomic E-state index is 0.0202. The van der Waals surface area contributed by atoms with Crippen molar-refractivity contribution in [3.63, 3.8) is 0 Å². The normalized spacial score (nSPS) is 11.1. The van der Waals surface area contributed by atoms with Gasteiger partial charge in [-0.15, -0.1) is 0 Å². The lowest BCUT2D eigenvalue weighted by Gasteiger charge is -2.06. The Morgan fingerprint density at radius 2 is 1.79 bits per heavy atom. The molecule has 4 aromatic rings. The fraction of sp³-hybridized carbons (Fsp3) is 0.136. The summed E-state index contributed by atoms with van der Waals surface area (Å²) in [5, 5.41) is 1.18. The molecule has 0 aliphatic heterocycles. The van der Waals surface area contributed by atoms with Gasteiger partial charge in [0.1, 0.15) is 11.1 Å². The molecule has 2 heterocycles. The Hall–Kier alpha value is -3.38. The molecule has 0 aliphatic rings. The number of ether oxygens (including phenoxy) is 1. The maximum Gasteiger partial charge on any atom is 0.343 e. The molecule has 0 atom stereocenters. The molecular formula is C22H16ClNO5. The summed E-state index contributed by atoms with van der Waals surface area (Å²) in [5.74, 6) is -0.817. The van der Waals surface area contributed by atoms with Crippen molar-refractivity contribution in [2.45, 2.75) is 12.8 Å². The van der Waals surface area contributed by atoms with E-state index in [0.717, 1.165) is 17.5 Å². The number of hydrogen-bond donors (Lipinski definition) is 1. The van der Waals surface area contributed by atoms with Gasteiger partial charge in [0.2, 0.25) is 11.1 Å². The number of rotatable bonds is 4. The second kappa shape index (κ2) is 7.56. The number of aromatic nitrogens is 1. The number of halogens is 1. The number of aromatic amines is 1. The van der Waals surface area contributed by atoms with E-state index >= 15 is 0 Å². The van der Waals surface area contributed by atoms with Gasteiger partial charge in [-0.2, -0.15) is 0 Å². The van der Waals surface area contributed by atoms with Gasteiger partial charge in [0.05, 0.1) is 17.9 Å². The van der Waals surface area contributed by atoms with Crippen LogP contribution in [-0.4, -0.2) is 18.1 Å². The zero-order valence-electron chi connectivity index (χ0n) is 15.5. The highest BCUT2D eigenvalue weighted by Crippen LogP contribution is 2.20. The van der Waals surface area contributed by atoms with Crippen LogP contribution in [0.2, 0.25) is 5.02 Å². The fourth-order valence-corrected chi connectivity index (χ4v) is 3.47. The van der Waals surface area contributed by atoms with E-state index in [0.29, 0.717) is 22.4 Å². The molecule has 6 nitrogen and oxygen atoms in total. The third-order valence-electron chi connectivity index (χ3n) is 4.75. The molecule has 7 heteroatoms. The first kappa shape index (κ1) is 19.0. The second-order valence-corrected chi connectivity index (χ2v) is 7.07. The SMILES string of the molecule is COC(=O)c1cc2c(=O)c3cc(CCc4cccc(Cl)c4)ccc3oc2[nH]c1=O. The molecule has 2 aromatic heterocycles. The predicted molar refractivity (Wildman–Crippen MR) is 111 cm³/mol. The molecule has 0 unspecified atom stereocenters. The molecule has 0 aliphatic carbocycles. The Morgan fingerprint density at radius 1 is 1.03 bits per heavy atom. The first-order chi connectivity index (χ1) is 14.0. The Kier molecular flexibility index (Phi) is 4.94. The number of carbonyl (C=O) groups excluding carboxylic acids is 1. The number of benzene rings is 2. The first-order valence-corrected chi connectivity index (χ1v) is 9.29. The molecule has 2 aromatic carbocycles. The Labute approximate surface area is 169 Å². The standard InChI is InChI=1S/C22H16ClNO5/c1-28-22(27)17-11-16-19(25)15-10-13(6-5-12-3-2-4-14(23)9-12)7-8-18(15)29-21(16)24-20(17)26/h2-4,7-11H,5-6H2,1H3,(H,24,26). The number of nitrogens with one attached hydrogen (secondary N) is 1. The number of fused-ring (bicyclic) bond motifs is 2. The van der Waals surface area contributed by atoms with Gasteiger partial charge in [-0.25, -0.2) is 4.79 Å². The zero-order valence-corrected chi connectivity index (χ0v) is 16.2. The number of carbonyl (C=O) groups is 1. The number of methoxy groups -OCH3 is 1. The van der Waals surface area contributed by atoms with Gasteiger partial charge in [0.15, 0.2) is 0 Å². The van der Waals surface area contributed by atoms with Gasteiger partial charge in [-0.3, -0.25) is 14.6 Å². The molecule has 0 saturated carbocycles. The molecule has 4 rings (SSSR count). The summed E-state index contributed by atoms with van der Waals surface area (Å²) in [6.07, 6.45) is 1.48. The number of hydrogen-bond acceptors (Lipinski definition) is 5. The van der Waals surface area contributed by atoms with E-state index in [9.17, 15) is 14.4 Å². The van der Waals surface area contributed by atoms with Crippen molar-refractivity contribution in [3.8, 4) is 0 Å². The molecule has 146 valence electrons. The number of pyridine rings is 1. The lowest BCUT2D eigenvalue weighted by molar-refractivity contribution is 0.0599. The average molecular weight is 410 g/mol. The van der Waals surface area contributed by atoms with Gasteiger partial charge in [0, 0.05) is 5.02 Å². The first-order valence-electron chi connectivity index (χ1n) is 8.92. The van der Waals surface area contributed by atoms with E-state index in [-0.39, 0.29) is 22.1 Å². The third kappa shape index (κ3) is 3.67. The molecular weight excluding hydrogens is 394 g/mol. The molecule has 0 amide bonds. The van der Waals surface area contributed by atoms with Crippen LogP contribution in [0.15, 0.2) is 62.5 Å². The van der Waals surface area contributed by atoms with Crippen molar-refractivity contribution in [2.75, 3.05) is 7.11 Å². The molecule has 0 bridgehead atoms. The molecule has 0 saturated heterocycles. The van der Waals surface area contributed by atoms with Crippen LogP contribution in [0.25, 0.3) is 22.1 Å². The monoisotopic (exact) mass is 409 g/mol. The minimum atomic E-state index is -0.817. The van der Waals surface area contributed by atoms with E-state index in [2.05, 4.69) is 9.72 Å². The van der Waals surface area contributed by atoms with Crippen LogP contribution >= 0.6 is 11.6 Å². The van der Waals surface area contributed by atoms with Crippen LogP contribution < -0.4 is 11.0 Å².